The predicted molar refractivity (Wildman–Crippen MR) is 55.0 cm³/mol. The van der Waals surface area contributed by atoms with Crippen molar-refractivity contribution in [2.24, 2.45) is 11.8 Å². The Morgan fingerprint density at radius 2 is 1.79 bits per heavy atom. The summed E-state index contributed by atoms with van der Waals surface area (Å²) in [5.41, 5.74) is 0. The van der Waals surface area contributed by atoms with Gasteiger partial charge in [-0.15, -0.1) is 0 Å². The molecule has 0 aromatic rings. The van der Waals surface area contributed by atoms with E-state index in [9.17, 15) is 0 Å². The van der Waals surface area contributed by atoms with Gasteiger partial charge in [-0.25, -0.2) is 0 Å². The first-order valence-corrected chi connectivity index (χ1v) is 5.17. The van der Waals surface area contributed by atoms with Crippen LogP contribution >= 0.6 is 0 Å². The lowest BCUT2D eigenvalue weighted by atomic mass is 9.86. The van der Waals surface area contributed by atoms with Crippen molar-refractivity contribution in [1.29, 1.82) is 0 Å². The Hall–Kier alpha value is -0.120. The Bertz CT molecular complexity index is 143. The number of methoxy groups -OCH3 is 2. The van der Waals surface area contributed by atoms with Crippen molar-refractivity contribution >= 4 is 0 Å². The summed E-state index contributed by atoms with van der Waals surface area (Å²) < 4.78 is 16.1. The minimum Gasteiger partial charge on any atom is -0.384 e. The molecular weight excluding hydrogens is 180 g/mol. The first kappa shape index (κ1) is 12.0. The summed E-state index contributed by atoms with van der Waals surface area (Å²) in [6.07, 6.45) is 2.75. The van der Waals surface area contributed by atoms with Gasteiger partial charge < -0.3 is 14.2 Å². The highest BCUT2D eigenvalue weighted by molar-refractivity contribution is 4.93. The Morgan fingerprint density at radius 3 is 2.36 bits per heavy atom. The second-order valence-electron chi connectivity index (χ2n) is 4.01. The maximum absolute atomic E-state index is 5.87. The minimum absolute atomic E-state index is 0.197. The van der Waals surface area contributed by atoms with E-state index in [-0.39, 0.29) is 12.2 Å². The molecule has 0 aromatic carbocycles. The molecule has 1 rings (SSSR count). The van der Waals surface area contributed by atoms with E-state index in [4.69, 9.17) is 14.2 Å². The van der Waals surface area contributed by atoms with Crippen LogP contribution in [0.25, 0.3) is 0 Å². The average molecular weight is 201 g/mol. The number of hydrogen-bond donors (Lipinski definition) is 0. The maximum Gasteiger partial charge on any atom is 0.0840 e. The van der Waals surface area contributed by atoms with Crippen molar-refractivity contribution in [3.63, 3.8) is 0 Å². The van der Waals surface area contributed by atoms with Crippen LogP contribution in [0.4, 0.5) is 0 Å². The minimum atomic E-state index is 0.197. The molecule has 1 heterocycles. The quantitative estimate of drug-likeness (QED) is 0.690. The monoisotopic (exact) mass is 201 g/mol. The molecule has 83 valence electrons. The highest BCUT2D eigenvalue weighted by Crippen LogP contribution is 2.28. The molecule has 0 saturated carbocycles. The Labute approximate surface area is 86.7 Å². The smallest absolute Gasteiger partial charge is 0.0840 e. The van der Waals surface area contributed by atoms with Crippen LogP contribution < -0.4 is 0 Å². The van der Waals surface area contributed by atoms with Crippen molar-refractivity contribution in [3.05, 3.63) is 6.42 Å². The highest BCUT2D eigenvalue weighted by Gasteiger charge is 2.33. The molecule has 1 saturated heterocycles. The summed E-state index contributed by atoms with van der Waals surface area (Å²) in [5.74, 6) is 0.842. The SMILES string of the molecule is COCC1[CH]C(C)C(COC)OC1C. The molecule has 0 aromatic heterocycles. The standard InChI is InChI=1S/C11H21O3/c1-8-5-10(6-12-3)9(2)14-11(8)7-13-4/h5,8-11H,6-7H2,1-4H3. The molecule has 1 radical (unpaired) electrons. The van der Waals surface area contributed by atoms with Gasteiger partial charge in [-0.3, -0.25) is 0 Å². The fourth-order valence-electron chi connectivity index (χ4n) is 1.91. The molecule has 0 bridgehead atoms. The van der Waals surface area contributed by atoms with Crippen molar-refractivity contribution < 1.29 is 14.2 Å². The molecule has 3 heteroatoms. The van der Waals surface area contributed by atoms with E-state index in [0.29, 0.717) is 18.4 Å². The van der Waals surface area contributed by atoms with E-state index >= 15 is 0 Å². The van der Waals surface area contributed by atoms with E-state index in [2.05, 4.69) is 20.3 Å². The maximum atomic E-state index is 5.87. The van der Waals surface area contributed by atoms with Gasteiger partial charge in [0.1, 0.15) is 0 Å². The summed E-state index contributed by atoms with van der Waals surface area (Å²) in [6, 6.07) is 0. The lowest BCUT2D eigenvalue weighted by molar-refractivity contribution is -0.112. The summed E-state index contributed by atoms with van der Waals surface area (Å²) in [4.78, 5) is 0. The third-order valence-corrected chi connectivity index (χ3v) is 2.82. The lowest BCUT2D eigenvalue weighted by Crippen LogP contribution is -2.42. The van der Waals surface area contributed by atoms with E-state index < -0.39 is 0 Å². The van der Waals surface area contributed by atoms with Crippen molar-refractivity contribution in [2.75, 3.05) is 27.4 Å². The summed E-state index contributed by atoms with van der Waals surface area (Å²) in [5, 5.41) is 0. The van der Waals surface area contributed by atoms with Crippen molar-refractivity contribution in [1.82, 2.24) is 0 Å². The van der Waals surface area contributed by atoms with Crippen LogP contribution in [0.5, 0.6) is 0 Å². The van der Waals surface area contributed by atoms with Gasteiger partial charge in [-0.1, -0.05) is 6.92 Å². The molecular formula is C11H21O3. The number of rotatable bonds is 4. The molecule has 0 N–H and O–H groups in total. The zero-order valence-electron chi connectivity index (χ0n) is 9.53. The molecule has 3 nitrogen and oxygen atoms in total. The molecule has 4 unspecified atom stereocenters. The molecule has 1 fully saturated rings. The van der Waals surface area contributed by atoms with Gasteiger partial charge in [0.05, 0.1) is 25.4 Å². The molecule has 1 aliphatic rings. The van der Waals surface area contributed by atoms with Crippen LogP contribution in [-0.4, -0.2) is 39.6 Å². The van der Waals surface area contributed by atoms with Crippen molar-refractivity contribution in [3.8, 4) is 0 Å². The molecule has 1 aliphatic heterocycles. The van der Waals surface area contributed by atoms with E-state index in [1.165, 1.54) is 0 Å². The topological polar surface area (TPSA) is 27.7 Å². The Kier molecular flexibility index (Phi) is 4.85. The summed E-state index contributed by atoms with van der Waals surface area (Å²) in [7, 11) is 3.44. The van der Waals surface area contributed by atoms with Gasteiger partial charge in [-0.2, -0.15) is 0 Å². The first-order valence-electron chi connectivity index (χ1n) is 5.17. The lowest BCUT2D eigenvalue weighted by Gasteiger charge is -2.38. The highest BCUT2D eigenvalue weighted by atomic mass is 16.5. The largest absolute Gasteiger partial charge is 0.384 e. The number of hydrogen-bond acceptors (Lipinski definition) is 3. The summed E-state index contributed by atoms with van der Waals surface area (Å²) >= 11 is 0. The average Bonchev–Trinajstić information content (AvgIpc) is 2.14. The summed E-state index contributed by atoms with van der Waals surface area (Å²) in [6.45, 7) is 5.67. The van der Waals surface area contributed by atoms with E-state index in [1.54, 1.807) is 14.2 Å². The fraction of sp³-hybridized carbons (Fsp3) is 0.909. The zero-order valence-corrected chi connectivity index (χ0v) is 9.53. The zero-order chi connectivity index (χ0) is 10.6. The third kappa shape index (κ3) is 2.94. The van der Waals surface area contributed by atoms with Gasteiger partial charge in [-0.05, 0) is 19.3 Å². The van der Waals surface area contributed by atoms with Gasteiger partial charge in [0.2, 0.25) is 0 Å². The molecule has 0 spiro atoms. The Balaban J connectivity index is 2.44. The number of ether oxygens (including phenoxy) is 3. The van der Waals surface area contributed by atoms with Gasteiger partial charge in [0.15, 0.2) is 0 Å². The van der Waals surface area contributed by atoms with Gasteiger partial charge in [0.25, 0.3) is 0 Å². The first-order chi connectivity index (χ1) is 6.69. The normalized spacial score (nSPS) is 38.6. The molecule has 4 atom stereocenters. The van der Waals surface area contributed by atoms with Crippen molar-refractivity contribution in [2.45, 2.75) is 26.1 Å². The van der Waals surface area contributed by atoms with E-state index in [1.807, 2.05) is 0 Å². The van der Waals surface area contributed by atoms with Crippen LogP contribution in [0.2, 0.25) is 0 Å². The van der Waals surface area contributed by atoms with Crippen LogP contribution in [0, 0.1) is 18.3 Å². The predicted octanol–water partition coefficient (Wildman–Crippen LogP) is 1.52. The van der Waals surface area contributed by atoms with Gasteiger partial charge in [0, 0.05) is 20.1 Å². The fourth-order valence-corrected chi connectivity index (χ4v) is 1.91. The molecule has 0 amide bonds. The van der Waals surface area contributed by atoms with Crippen LogP contribution in [-0.2, 0) is 14.2 Å². The van der Waals surface area contributed by atoms with Gasteiger partial charge >= 0.3 is 0 Å². The molecule has 0 aliphatic carbocycles. The second kappa shape index (κ2) is 5.69. The second-order valence-corrected chi connectivity index (χ2v) is 4.01. The van der Waals surface area contributed by atoms with Crippen LogP contribution in [0.15, 0.2) is 0 Å². The van der Waals surface area contributed by atoms with Crippen LogP contribution in [0.1, 0.15) is 13.8 Å². The molecule has 14 heavy (non-hydrogen) atoms. The third-order valence-electron chi connectivity index (χ3n) is 2.82. The van der Waals surface area contributed by atoms with E-state index in [0.717, 1.165) is 6.61 Å². The Morgan fingerprint density at radius 1 is 1.14 bits per heavy atom. The van der Waals surface area contributed by atoms with Crippen LogP contribution in [0.3, 0.4) is 0 Å².